The summed E-state index contributed by atoms with van der Waals surface area (Å²) in [5, 5.41) is 3.15. The Morgan fingerprint density at radius 2 is 1.87 bits per heavy atom. The van der Waals surface area contributed by atoms with Crippen LogP contribution < -0.4 is 10.2 Å². The molecule has 0 saturated carbocycles. The predicted octanol–water partition coefficient (Wildman–Crippen LogP) is 2.60. The zero-order valence-corrected chi connectivity index (χ0v) is 18.3. The fourth-order valence-electron chi connectivity index (χ4n) is 5.32. The summed E-state index contributed by atoms with van der Waals surface area (Å²) < 4.78 is 5.00. The first kappa shape index (κ1) is 21.8. The van der Waals surface area contributed by atoms with Gasteiger partial charge in [0.25, 0.3) is 0 Å². The molecule has 0 spiro atoms. The lowest BCUT2D eigenvalue weighted by Crippen LogP contribution is -2.51. The highest BCUT2D eigenvalue weighted by Crippen LogP contribution is 2.31. The lowest BCUT2D eigenvalue weighted by Gasteiger charge is -2.44. The van der Waals surface area contributed by atoms with E-state index in [4.69, 9.17) is 4.74 Å². The number of benzene rings is 1. The number of hydrogen-bond donors (Lipinski definition) is 1. The molecular weight excluding hydrogens is 394 g/mol. The topological polar surface area (TPSA) is 79.0 Å². The molecule has 1 aromatic carbocycles. The molecule has 3 aliphatic rings. The van der Waals surface area contributed by atoms with Crippen molar-refractivity contribution in [1.29, 1.82) is 0 Å². The summed E-state index contributed by atoms with van der Waals surface area (Å²) in [7, 11) is 0. The van der Waals surface area contributed by atoms with Crippen LogP contribution in [-0.2, 0) is 14.3 Å². The van der Waals surface area contributed by atoms with Crippen LogP contribution in [0.15, 0.2) is 24.3 Å². The SMILES string of the molecule is CCOC(=O)c1ccc(N2C[C@H](C(=O)NC[C@@H]3CCCN4CCCC[C@H]34)CC2=O)cc1. The number of carbonyl (C=O) groups is 3. The van der Waals surface area contributed by atoms with Gasteiger partial charge in [0, 0.05) is 31.2 Å². The number of nitrogens with one attached hydrogen (secondary N) is 1. The molecule has 0 bridgehead atoms. The van der Waals surface area contributed by atoms with Crippen LogP contribution in [0.25, 0.3) is 0 Å². The number of ether oxygens (including phenoxy) is 1. The maximum absolute atomic E-state index is 12.8. The van der Waals surface area contributed by atoms with Gasteiger partial charge in [-0.15, -0.1) is 0 Å². The minimum atomic E-state index is -0.377. The van der Waals surface area contributed by atoms with Crippen molar-refractivity contribution in [3.05, 3.63) is 29.8 Å². The zero-order chi connectivity index (χ0) is 21.8. The third-order valence-corrected chi connectivity index (χ3v) is 6.95. The van der Waals surface area contributed by atoms with Gasteiger partial charge >= 0.3 is 5.97 Å². The fraction of sp³-hybridized carbons (Fsp3) is 0.625. The van der Waals surface area contributed by atoms with E-state index in [0.717, 1.165) is 0 Å². The van der Waals surface area contributed by atoms with Gasteiger partial charge in [0.05, 0.1) is 18.1 Å². The van der Waals surface area contributed by atoms with Gasteiger partial charge in [0.2, 0.25) is 11.8 Å². The van der Waals surface area contributed by atoms with Gasteiger partial charge in [0.15, 0.2) is 0 Å². The Morgan fingerprint density at radius 3 is 2.65 bits per heavy atom. The van der Waals surface area contributed by atoms with Crippen molar-refractivity contribution in [3.63, 3.8) is 0 Å². The predicted molar refractivity (Wildman–Crippen MR) is 118 cm³/mol. The molecule has 4 rings (SSSR count). The van der Waals surface area contributed by atoms with Gasteiger partial charge in [0.1, 0.15) is 0 Å². The third kappa shape index (κ3) is 4.92. The number of hydrogen-bond acceptors (Lipinski definition) is 5. The molecule has 31 heavy (non-hydrogen) atoms. The van der Waals surface area contributed by atoms with Crippen molar-refractivity contribution in [2.24, 2.45) is 11.8 Å². The Bertz CT molecular complexity index is 808. The average Bonchev–Trinajstić information content (AvgIpc) is 3.19. The number of anilines is 1. The zero-order valence-electron chi connectivity index (χ0n) is 18.3. The Labute approximate surface area is 184 Å². The van der Waals surface area contributed by atoms with Gasteiger partial charge < -0.3 is 19.9 Å². The van der Waals surface area contributed by atoms with Gasteiger partial charge in [-0.2, -0.15) is 0 Å². The summed E-state index contributed by atoms with van der Waals surface area (Å²) in [6.45, 7) is 5.55. The number of carbonyl (C=O) groups excluding carboxylic acids is 3. The quantitative estimate of drug-likeness (QED) is 0.706. The van der Waals surface area contributed by atoms with Crippen LogP contribution in [-0.4, -0.2) is 61.5 Å². The number of piperidine rings is 2. The molecule has 3 aliphatic heterocycles. The maximum Gasteiger partial charge on any atom is 0.338 e. The van der Waals surface area contributed by atoms with Crippen molar-refractivity contribution in [2.45, 2.75) is 51.5 Å². The summed E-state index contributed by atoms with van der Waals surface area (Å²) in [6, 6.07) is 7.40. The molecule has 3 fully saturated rings. The first-order valence-electron chi connectivity index (χ1n) is 11.7. The Kier molecular flexibility index (Phi) is 6.90. The van der Waals surface area contributed by atoms with Crippen LogP contribution in [0, 0.1) is 11.8 Å². The lowest BCUT2D eigenvalue weighted by atomic mass is 9.83. The third-order valence-electron chi connectivity index (χ3n) is 6.95. The summed E-state index contributed by atoms with van der Waals surface area (Å²) in [6.07, 6.45) is 6.41. The standard InChI is InChI=1S/C24H33N3O4/c1-2-31-24(30)17-8-10-20(11-9-17)27-16-19(14-22(27)28)23(29)25-15-18-6-5-13-26-12-4-3-7-21(18)26/h8-11,18-19,21H,2-7,12-16H2,1H3,(H,25,29)/t18-,19+,21+/m0/s1. The van der Waals surface area contributed by atoms with Crippen molar-refractivity contribution >= 4 is 23.5 Å². The molecule has 0 aromatic heterocycles. The maximum atomic E-state index is 12.8. The molecule has 1 N–H and O–H groups in total. The van der Waals surface area contributed by atoms with E-state index in [1.165, 1.54) is 45.2 Å². The number of nitrogens with zero attached hydrogens (tertiary/aromatic N) is 2. The normalized spacial score (nSPS) is 26.4. The van der Waals surface area contributed by atoms with Crippen LogP contribution in [0.5, 0.6) is 0 Å². The lowest BCUT2D eigenvalue weighted by molar-refractivity contribution is -0.126. The van der Waals surface area contributed by atoms with Crippen LogP contribution in [0.2, 0.25) is 0 Å². The Morgan fingerprint density at radius 1 is 1.10 bits per heavy atom. The van der Waals surface area contributed by atoms with E-state index in [9.17, 15) is 14.4 Å². The van der Waals surface area contributed by atoms with E-state index in [0.29, 0.717) is 42.9 Å². The number of rotatable bonds is 6. The molecule has 3 heterocycles. The molecule has 3 saturated heterocycles. The van der Waals surface area contributed by atoms with Crippen molar-refractivity contribution in [3.8, 4) is 0 Å². The van der Waals surface area contributed by atoms with E-state index in [1.807, 2.05) is 0 Å². The second-order valence-electron chi connectivity index (χ2n) is 8.92. The first-order chi connectivity index (χ1) is 15.1. The van der Waals surface area contributed by atoms with Gasteiger partial charge in [-0.05, 0) is 75.9 Å². The van der Waals surface area contributed by atoms with E-state index in [2.05, 4.69) is 10.2 Å². The molecular formula is C24H33N3O4. The smallest absolute Gasteiger partial charge is 0.338 e. The Hall–Kier alpha value is -2.41. The van der Waals surface area contributed by atoms with Crippen LogP contribution >= 0.6 is 0 Å². The highest BCUT2D eigenvalue weighted by atomic mass is 16.5. The summed E-state index contributed by atoms with van der Waals surface area (Å²) in [4.78, 5) is 41.4. The van der Waals surface area contributed by atoms with Crippen molar-refractivity contribution in [1.82, 2.24) is 10.2 Å². The highest BCUT2D eigenvalue weighted by Gasteiger charge is 2.37. The molecule has 0 aliphatic carbocycles. The molecule has 0 unspecified atom stereocenters. The summed E-state index contributed by atoms with van der Waals surface area (Å²) in [5.74, 6) is -0.268. The van der Waals surface area contributed by atoms with Crippen LogP contribution in [0.1, 0.15) is 55.8 Å². The monoisotopic (exact) mass is 427 g/mol. The van der Waals surface area contributed by atoms with E-state index in [-0.39, 0.29) is 30.1 Å². The molecule has 7 heteroatoms. The molecule has 0 radical (unpaired) electrons. The van der Waals surface area contributed by atoms with Gasteiger partial charge in [-0.1, -0.05) is 6.42 Å². The second kappa shape index (κ2) is 9.81. The number of esters is 1. The van der Waals surface area contributed by atoms with Crippen LogP contribution in [0.3, 0.4) is 0 Å². The van der Waals surface area contributed by atoms with Crippen molar-refractivity contribution < 1.29 is 19.1 Å². The van der Waals surface area contributed by atoms with Crippen LogP contribution in [0.4, 0.5) is 5.69 Å². The summed E-state index contributed by atoms with van der Waals surface area (Å²) in [5.41, 5.74) is 1.16. The molecule has 168 valence electrons. The van der Waals surface area contributed by atoms with Crippen molar-refractivity contribution in [2.75, 3.05) is 37.7 Å². The number of fused-ring (bicyclic) bond motifs is 1. The van der Waals surface area contributed by atoms with E-state index in [1.54, 1.807) is 36.1 Å². The first-order valence-corrected chi connectivity index (χ1v) is 11.7. The second-order valence-corrected chi connectivity index (χ2v) is 8.92. The fourth-order valence-corrected chi connectivity index (χ4v) is 5.32. The molecule has 7 nitrogen and oxygen atoms in total. The van der Waals surface area contributed by atoms with E-state index < -0.39 is 0 Å². The largest absolute Gasteiger partial charge is 0.462 e. The number of amides is 2. The van der Waals surface area contributed by atoms with Gasteiger partial charge in [-0.25, -0.2) is 4.79 Å². The molecule has 2 amide bonds. The average molecular weight is 428 g/mol. The van der Waals surface area contributed by atoms with Gasteiger partial charge in [-0.3, -0.25) is 9.59 Å². The van der Waals surface area contributed by atoms with E-state index >= 15 is 0 Å². The summed E-state index contributed by atoms with van der Waals surface area (Å²) >= 11 is 0. The minimum Gasteiger partial charge on any atom is -0.462 e. The molecule has 3 atom stereocenters. The minimum absolute atomic E-state index is 0.0214. The highest BCUT2D eigenvalue weighted by molar-refractivity contribution is 6.00. The Balaban J connectivity index is 1.31. The molecule has 1 aromatic rings.